The summed E-state index contributed by atoms with van der Waals surface area (Å²) in [6.45, 7) is 2.05. The summed E-state index contributed by atoms with van der Waals surface area (Å²) in [5, 5.41) is 6.89. The van der Waals surface area contributed by atoms with Crippen LogP contribution in [0.3, 0.4) is 0 Å². The highest BCUT2D eigenvalue weighted by Gasteiger charge is 2.21. The Morgan fingerprint density at radius 1 is 1.38 bits per heavy atom. The molecule has 0 aliphatic rings. The molecule has 1 amide bonds. The topological polar surface area (TPSA) is 84.2 Å². The minimum absolute atomic E-state index is 0.240. The van der Waals surface area contributed by atoms with Crippen LogP contribution in [0.15, 0.2) is 24.3 Å². The summed E-state index contributed by atoms with van der Waals surface area (Å²) >= 11 is 0. The first kappa shape index (κ1) is 14.9. The first-order valence-corrected chi connectivity index (χ1v) is 6.83. The number of aromatic amines is 1. The van der Waals surface area contributed by atoms with Gasteiger partial charge in [-0.1, -0.05) is 13.3 Å². The van der Waals surface area contributed by atoms with Gasteiger partial charge in [-0.2, -0.15) is 5.10 Å². The number of carbonyl (C=O) groups is 1. The van der Waals surface area contributed by atoms with E-state index in [1.807, 2.05) is 19.1 Å². The molecule has 6 nitrogen and oxygen atoms in total. The summed E-state index contributed by atoms with van der Waals surface area (Å²) in [5.74, 6) is 0.500. The molecule has 1 heterocycles. The van der Waals surface area contributed by atoms with Crippen LogP contribution in [0.5, 0.6) is 5.75 Å². The molecule has 1 aromatic heterocycles. The average molecular weight is 288 g/mol. The number of amides is 1. The van der Waals surface area contributed by atoms with Gasteiger partial charge in [-0.05, 0) is 30.7 Å². The van der Waals surface area contributed by atoms with Crippen molar-refractivity contribution in [3.8, 4) is 5.75 Å². The normalized spacial score (nSPS) is 10.4. The van der Waals surface area contributed by atoms with Crippen LogP contribution in [0, 0.1) is 0 Å². The molecule has 1 aromatic carbocycles. The first-order valence-electron chi connectivity index (χ1n) is 6.83. The van der Waals surface area contributed by atoms with Gasteiger partial charge in [0, 0.05) is 12.7 Å². The predicted octanol–water partition coefficient (Wildman–Crippen LogP) is 2.23. The Bertz CT molecular complexity index is 619. The van der Waals surface area contributed by atoms with E-state index < -0.39 is 0 Å². The van der Waals surface area contributed by atoms with Crippen LogP contribution in [-0.4, -0.2) is 30.3 Å². The third-order valence-electron chi connectivity index (χ3n) is 3.35. The molecule has 0 radical (unpaired) electrons. The summed E-state index contributed by atoms with van der Waals surface area (Å²) in [6, 6.07) is 7.23. The highest BCUT2D eigenvalue weighted by atomic mass is 16.5. The Hall–Kier alpha value is -2.50. The summed E-state index contributed by atoms with van der Waals surface area (Å²) in [7, 11) is 3.29. The molecule has 0 aliphatic carbocycles. The van der Waals surface area contributed by atoms with Crippen LogP contribution in [0.25, 0.3) is 0 Å². The number of nitrogens with two attached hydrogens (primary N) is 1. The van der Waals surface area contributed by atoms with E-state index in [4.69, 9.17) is 10.5 Å². The molecule has 6 heteroatoms. The summed E-state index contributed by atoms with van der Waals surface area (Å²) in [6.07, 6.45) is 1.71. The Labute approximate surface area is 123 Å². The van der Waals surface area contributed by atoms with Gasteiger partial charge < -0.3 is 15.4 Å². The number of nitrogens with zero attached hydrogens (tertiary/aromatic N) is 2. The van der Waals surface area contributed by atoms with Crippen molar-refractivity contribution in [3.63, 3.8) is 0 Å². The third kappa shape index (κ3) is 2.99. The van der Waals surface area contributed by atoms with E-state index in [2.05, 4.69) is 10.2 Å². The number of nitrogen functional groups attached to an aromatic ring is 1. The molecule has 0 unspecified atom stereocenters. The zero-order chi connectivity index (χ0) is 15.4. The number of H-pyrrole nitrogens is 1. The monoisotopic (exact) mass is 288 g/mol. The highest BCUT2D eigenvalue weighted by Crippen LogP contribution is 2.22. The molecule has 0 saturated heterocycles. The van der Waals surface area contributed by atoms with Crippen LogP contribution in [-0.2, 0) is 6.42 Å². The Balaban J connectivity index is 2.22. The first-order chi connectivity index (χ1) is 10.1. The van der Waals surface area contributed by atoms with Gasteiger partial charge in [-0.3, -0.25) is 9.89 Å². The van der Waals surface area contributed by atoms with Gasteiger partial charge in [0.25, 0.3) is 5.91 Å². The zero-order valence-electron chi connectivity index (χ0n) is 12.5. The molecule has 21 heavy (non-hydrogen) atoms. The average Bonchev–Trinajstić information content (AvgIpc) is 2.87. The highest BCUT2D eigenvalue weighted by molar-refractivity contribution is 6.07. The lowest BCUT2D eigenvalue weighted by molar-refractivity contribution is 0.0989. The fraction of sp³-hybridized carbons (Fsp3) is 0.333. The quantitative estimate of drug-likeness (QED) is 0.883. The van der Waals surface area contributed by atoms with Crippen molar-refractivity contribution >= 4 is 17.3 Å². The molecule has 112 valence electrons. The van der Waals surface area contributed by atoms with E-state index in [-0.39, 0.29) is 11.6 Å². The van der Waals surface area contributed by atoms with Crippen molar-refractivity contribution in [2.75, 3.05) is 24.8 Å². The van der Waals surface area contributed by atoms with E-state index in [0.29, 0.717) is 5.69 Å². The molecule has 0 atom stereocenters. The largest absolute Gasteiger partial charge is 0.497 e. The van der Waals surface area contributed by atoms with Crippen LogP contribution in [0.4, 0.5) is 11.4 Å². The Morgan fingerprint density at radius 3 is 2.62 bits per heavy atom. The molecule has 2 aromatic rings. The van der Waals surface area contributed by atoms with Gasteiger partial charge in [0.2, 0.25) is 0 Å². The summed E-state index contributed by atoms with van der Waals surface area (Å²) in [5.41, 5.74) is 8.24. The number of aryl methyl sites for hydroxylation is 1. The maximum absolute atomic E-state index is 12.5. The second-order valence-corrected chi connectivity index (χ2v) is 4.78. The molecule has 3 N–H and O–H groups in total. The van der Waals surface area contributed by atoms with Gasteiger partial charge >= 0.3 is 0 Å². The number of hydrogen-bond acceptors (Lipinski definition) is 4. The van der Waals surface area contributed by atoms with Crippen molar-refractivity contribution in [1.29, 1.82) is 0 Å². The fourth-order valence-electron chi connectivity index (χ4n) is 2.07. The summed E-state index contributed by atoms with van der Waals surface area (Å²) in [4.78, 5) is 14.0. The van der Waals surface area contributed by atoms with Crippen LogP contribution in [0.2, 0.25) is 0 Å². The predicted molar refractivity (Wildman–Crippen MR) is 82.7 cm³/mol. The second kappa shape index (κ2) is 6.30. The molecular formula is C15H20N4O2. The number of hydrogen-bond donors (Lipinski definition) is 2. The standard InChI is InChI=1S/C15H20N4O2/c1-4-5-12-13(16)14(18-17-12)15(20)19(2)10-6-8-11(21-3)9-7-10/h6-9H,4-5,16H2,1-3H3,(H,17,18). The molecule has 0 saturated carbocycles. The number of rotatable bonds is 5. The Morgan fingerprint density at radius 2 is 2.05 bits per heavy atom. The fourth-order valence-corrected chi connectivity index (χ4v) is 2.07. The van der Waals surface area contributed by atoms with Crippen molar-refractivity contribution < 1.29 is 9.53 Å². The van der Waals surface area contributed by atoms with Gasteiger partial charge in [-0.15, -0.1) is 0 Å². The SMILES string of the molecule is CCCc1[nH]nc(C(=O)N(C)c2ccc(OC)cc2)c1N. The second-order valence-electron chi connectivity index (χ2n) is 4.78. The summed E-state index contributed by atoms with van der Waals surface area (Å²) < 4.78 is 5.10. The lowest BCUT2D eigenvalue weighted by Crippen LogP contribution is -2.27. The maximum atomic E-state index is 12.5. The molecule has 0 spiro atoms. The van der Waals surface area contributed by atoms with Crippen molar-refractivity contribution in [1.82, 2.24) is 10.2 Å². The molecule has 0 fully saturated rings. The minimum Gasteiger partial charge on any atom is -0.497 e. The number of carbonyl (C=O) groups excluding carboxylic acids is 1. The number of aromatic nitrogens is 2. The third-order valence-corrected chi connectivity index (χ3v) is 3.35. The van der Waals surface area contributed by atoms with E-state index in [0.717, 1.165) is 30.0 Å². The van der Waals surface area contributed by atoms with Crippen LogP contribution < -0.4 is 15.4 Å². The van der Waals surface area contributed by atoms with Gasteiger partial charge in [0.15, 0.2) is 5.69 Å². The van der Waals surface area contributed by atoms with Gasteiger partial charge in [0.1, 0.15) is 5.75 Å². The van der Waals surface area contributed by atoms with E-state index >= 15 is 0 Å². The lowest BCUT2D eigenvalue weighted by Gasteiger charge is -2.16. The zero-order valence-corrected chi connectivity index (χ0v) is 12.5. The molecular weight excluding hydrogens is 268 g/mol. The number of ether oxygens (including phenoxy) is 1. The molecule has 2 rings (SSSR count). The number of anilines is 2. The van der Waals surface area contributed by atoms with Crippen LogP contribution in [0.1, 0.15) is 29.5 Å². The molecule has 0 aliphatic heterocycles. The van der Waals surface area contributed by atoms with Crippen molar-refractivity contribution in [2.45, 2.75) is 19.8 Å². The van der Waals surface area contributed by atoms with Crippen molar-refractivity contribution in [2.24, 2.45) is 0 Å². The Kier molecular flexibility index (Phi) is 4.47. The smallest absolute Gasteiger partial charge is 0.280 e. The van der Waals surface area contributed by atoms with Crippen LogP contribution >= 0.6 is 0 Å². The minimum atomic E-state index is -0.240. The van der Waals surface area contributed by atoms with Crippen molar-refractivity contribution in [3.05, 3.63) is 35.7 Å². The van der Waals surface area contributed by atoms with Gasteiger partial charge in [0.05, 0.1) is 18.5 Å². The number of methoxy groups -OCH3 is 1. The van der Waals surface area contributed by atoms with E-state index in [1.165, 1.54) is 4.90 Å². The number of benzene rings is 1. The van der Waals surface area contributed by atoms with Gasteiger partial charge in [-0.25, -0.2) is 0 Å². The molecule has 0 bridgehead atoms. The lowest BCUT2D eigenvalue weighted by atomic mass is 10.2. The van der Waals surface area contributed by atoms with E-state index in [9.17, 15) is 4.79 Å². The maximum Gasteiger partial charge on any atom is 0.280 e. The number of nitrogens with one attached hydrogen (secondary N) is 1. The van der Waals surface area contributed by atoms with E-state index in [1.54, 1.807) is 26.3 Å².